The van der Waals surface area contributed by atoms with Gasteiger partial charge in [-0.3, -0.25) is 9.59 Å². The van der Waals surface area contributed by atoms with E-state index in [1.54, 1.807) is 36.3 Å². The average Bonchev–Trinajstić information content (AvgIpc) is 2.62. The van der Waals surface area contributed by atoms with Crippen LogP contribution in [0.4, 0.5) is 0 Å². The lowest BCUT2D eigenvalue weighted by molar-refractivity contribution is -0.126. The van der Waals surface area contributed by atoms with E-state index in [9.17, 15) is 9.59 Å². The predicted molar refractivity (Wildman–Crippen MR) is 87.3 cm³/mol. The summed E-state index contributed by atoms with van der Waals surface area (Å²) in [6, 6.07) is 6.81. The molecule has 0 spiro atoms. The molecule has 0 unspecified atom stereocenters. The molecule has 1 aromatic carbocycles. The Bertz CT molecular complexity index is 503. The minimum Gasteiger partial charge on any atom is -0.497 e. The van der Waals surface area contributed by atoms with Crippen LogP contribution in [-0.2, 0) is 4.79 Å². The van der Waals surface area contributed by atoms with Crippen molar-refractivity contribution in [1.82, 2.24) is 10.2 Å². The molecule has 0 atom stereocenters. The van der Waals surface area contributed by atoms with E-state index in [0.717, 1.165) is 13.1 Å². The highest BCUT2D eigenvalue weighted by atomic mass is 16.5. The third-order valence-corrected chi connectivity index (χ3v) is 3.18. The number of nitrogens with one attached hydrogen (secondary N) is 1. The molecule has 0 saturated carbocycles. The quantitative estimate of drug-likeness (QED) is 0.682. The van der Waals surface area contributed by atoms with Crippen molar-refractivity contribution in [1.29, 1.82) is 0 Å². The van der Waals surface area contributed by atoms with Crippen LogP contribution in [0.25, 0.3) is 0 Å². The molecule has 1 N–H and O–H groups in total. The maximum atomic E-state index is 11.9. The van der Waals surface area contributed by atoms with E-state index in [-0.39, 0.29) is 11.7 Å². The van der Waals surface area contributed by atoms with Crippen molar-refractivity contribution in [2.45, 2.75) is 13.8 Å². The molecule has 0 aromatic heterocycles. The van der Waals surface area contributed by atoms with Gasteiger partial charge in [0.2, 0.25) is 5.91 Å². The number of methoxy groups -OCH3 is 1. The second kappa shape index (κ2) is 9.73. The molecule has 22 heavy (non-hydrogen) atoms. The van der Waals surface area contributed by atoms with Gasteiger partial charge in [-0.1, -0.05) is 13.8 Å². The largest absolute Gasteiger partial charge is 0.497 e. The van der Waals surface area contributed by atoms with Gasteiger partial charge >= 0.3 is 0 Å². The van der Waals surface area contributed by atoms with E-state index in [2.05, 4.69) is 5.32 Å². The maximum absolute atomic E-state index is 11.9. The van der Waals surface area contributed by atoms with Crippen LogP contribution >= 0.6 is 0 Å². The third-order valence-electron chi connectivity index (χ3n) is 3.18. The Morgan fingerprint density at radius 1 is 1.09 bits per heavy atom. The van der Waals surface area contributed by atoms with Crippen molar-refractivity contribution in [3.63, 3.8) is 0 Å². The summed E-state index contributed by atoms with van der Waals surface area (Å²) in [4.78, 5) is 25.5. The van der Waals surface area contributed by atoms with Gasteiger partial charge in [0, 0.05) is 37.8 Å². The number of benzene rings is 1. The third kappa shape index (κ3) is 5.33. The number of hydrogen-bond acceptors (Lipinski definition) is 4. The monoisotopic (exact) mass is 304 g/mol. The van der Waals surface area contributed by atoms with Gasteiger partial charge in [0.1, 0.15) is 5.75 Å². The molecule has 5 heteroatoms. The molecule has 1 heterocycles. The fourth-order valence-corrected chi connectivity index (χ4v) is 1.99. The van der Waals surface area contributed by atoms with Crippen LogP contribution < -0.4 is 10.1 Å². The molecule has 1 aromatic rings. The SMILES string of the molecule is CC.COc1ccc(C(=O)/C=C/C(=O)N2CCNCC2)cc1. The van der Waals surface area contributed by atoms with Crippen molar-refractivity contribution in [3.05, 3.63) is 42.0 Å². The number of nitrogens with zero attached hydrogens (tertiary/aromatic N) is 1. The van der Waals surface area contributed by atoms with E-state index in [1.165, 1.54) is 12.2 Å². The number of ether oxygens (including phenoxy) is 1. The van der Waals surface area contributed by atoms with Gasteiger partial charge in [-0.05, 0) is 30.3 Å². The first kappa shape index (κ1) is 17.9. The van der Waals surface area contributed by atoms with Crippen LogP contribution in [0.15, 0.2) is 36.4 Å². The molecular formula is C17H24N2O3. The molecule has 5 nitrogen and oxygen atoms in total. The molecule has 1 aliphatic rings. The Kier molecular flexibility index (Phi) is 7.92. The van der Waals surface area contributed by atoms with Gasteiger partial charge < -0.3 is 15.0 Å². The zero-order valence-corrected chi connectivity index (χ0v) is 13.5. The number of hydrogen-bond donors (Lipinski definition) is 1. The van der Waals surface area contributed by atoms with Crippen LogP contribution in [-0.4, -0.2) is 49.9 Å². The lowest BCUT2D eigenvalue weighted by Gasteiger charge is -2.26. The minimum atomic E-state index is -0.184. The van der Waals surface area contributed by atoms with Crippen molar-refractivity contribution in [2.24, 2.45) is 0 Å². The Labute approximate surface area is 132 Å². The van der Waals surface area contributed by atoms with Gasteiger partial charge in [0.15, 0.2) is 5.78 Å². The first-order chi connectivity index (χ1) is 10.7. The van der Waals surface area contributed by atoms with Gasteiger partial charge in [0.25, 0.3) is 0 Å². The first-order valence-electron chi connectivity index (χ1n) is 7.57. The lowest BCUT2D eigenvalue weighted by atomic mass is 10.1. The Morgan fingerprint density at radius 2 is 1.68 bits per heavy atom. The smallest absolute Gasteiger partial charge is 0.246 e. The molecule has 2 rings (SSSR count). The average molecular weight is 304 g/mol. The van der Waals surface area contributed by atoms with E-state index in [0.29, 0.717) is 24.4 Å². The molecule has 0 radical (unpaired) electrons. The summed E-state index contributed by atoms with van der Waals surface area (Å²) in [5.74, 6) is 0.395. The van der Waals surface area contributed by atoms with E-state index >= 15 is 0 Å². The fraction of sp³-hybridized carbons (Fsp3) is 0.412. The van der Waals surface area contributed by atoms with Crippen molar-refractivity contribution >= 4 is 11.7 Å². The van der Waals surface area contributed by atoms with Crippen molar-refractivity contribution in [2.75, 3.05) is 33.3 Å². The Balaban J connectivity index is 0.00000116. The number of allylic oxidation sites excluding steroid dienone is 1. The molecular weight excluding hydrogens is 280 g/mol. The van der Waals surface area contributed by atoms with Gasteiger partial charge in [-0.2, -0.15) is 0 Å². The van der Waals surface area contributed by atoms with Crippen LogP contribution in [0.5, 0.6) is 5.75 Å². The van der Waals surface area contributed by atoms with Crippen LogP contribution in [0.3, 0.4) is 0 Å². The predicted octanol–water partition coefficient (Wildman–Crippen LogP) is 1.89. The number of amides is 1. The topological polar surface area (TPSA) is 58.6 Å². The normalized spacial score (nSPS) is 14.2. The summed E-state index contributed by atoms with van der Waals surface area (Å²) in [5.41, 5.74) is 0.537. The van der Waals surface area contributed by atoms with Gasteiger partial charge in [-0.25, -0.2) is 0 Å². The fourth-order valence-electron chi connectivity index (χ4n) is 1.99. The number of rotatable bonds is 4. The second-order valence-electron chi connectivity index (χ2n) is 4.50. The highest BCUT2D eigenvalue weighted by molar-refractivity contribution is 6.07. The Hall–Kier alpha value is -2.14. The molecule has 120 valence electrons. The minimum absolute atomic E-state index is 0.117. The molecule has 1 saturated heterocycles. The zero-order valence-electron chi connectivity index (χ0n) is 13.5. The summed E-state index contributed by atoms with van der Waals surface area (Å²) in [6.45, 7) is 6.96. The number of carbonyl (C=O) groups excluding carboxylic acids is 2. The standard InChI is InChI=1S/C15H18N2O3.C2H6/c1-20-13-4-2-12(3-5-13)14(18)6-7-15(19)17-10-8-16-9-11-17;1-2/h2-7,16H,8-11H2,1H3;1-2H3/b7-6+;. The van der Waals surface area contributed by atoms with Crippen LogP contribution in [0.1, 0.15) is 24.2 Å². The van der Waals surface area contributed by atoms with Crippen LogP contribution in [0.2, 0.25) is 0 Å². The van der Waals surface area contributed by atoms with Crippen molar-refractivity contribution < 1.29 is 14.3 Å². The second-order valence-corrected chi connectivity index (χ2v) is 4.50. The first-order valence-corrected chi connectivity index (χ1v) is 7.57. The molecule has 1 fully saturated rings. The molecule has 1 aliphatic heterocycles. The van der Waals surface area contributed by atoms with E-state index in [4.69, 9.17) is 4.74 Å². The molecule has 1 amide bonds. The Morgan fingerprint density at radius 3 is 2.23 bits per heavy atom. The number of piperazine rings is 1. The van der Waals surface area contributed by atoms with Crippen molar-refractivity contribution in [3.8, 4) is 5.75 Å². The number of carbonyl (C=O) groups is 2. The highest BCUT2D eigenvalue weighted by Gasteiger charge is 2.13. The molecule has 0 bridgehead atoms. The summed E-state index contributed by atoms with van der Waals surface area (Å²) in [5, 5.41) is 3.17. The maximum Gasteiger partial charge on any atom is 0.246 e. The van der Waals surface area contributed by atoms with E-state index in [1.807, 2.05) is 13.8 Å². The number of ketones is 1. The van der Waals surface area contributed by atoms with Gasteiger partial charge in [-0.15, -0.1) is 0 Å². The lowest BCUT2D eigenvalue weighted by Crippen LogP contribution is -2.45. The summed E-state index contributed by atoms with van der Waals surface area (Å²) in [7, 11) is 1.57. The van der Waals surface area contributed by atoms with Gasteiger partial charge in [0.05, 0.1) is 7.11 Å². The summed E-state index contributed by atoms with van der Waals surface area (Å²) >= 11 is 0. The van der Waals surface area contributed by atoms with E-state index < -0.39 is 0 Å². The zero-order chi connectivity index (χ0) is 16.4. The molecule has 0 aliphatic carbocycles. The van der Waals surface area contributed by atoms with Crippen LogP contribution in [0, 0.1) is 0 Å². The summed E-state index contributed by atoms with van der Waals surface area (Å²) in [6.07, 6.45) is 2.67. The highest BCUT2D eigenvalue weighted by Crippen LogP contribution is 2.12. The summed E-state index contributed by atoms with van der Waals surface area (Å²) < 4.78 is 5.03.